The number of carbonyl (C=O) groups is 2. The number of aromatic nitrogens is 2. The smallest absolute Gasteiger partial charge is 0.209 e. The van der Waals surface area contributed by atoms with E-state index in [2.05, 4.69) is 81.0 Å². The fourth-order valence-electron chi connectivity index (χ4n) is 6.90. The third-order valence-corrected chi connectivity index (χ3v) is 8.36. The van der Waals surface area contributed by atoms with Gasteiger partial charge < -0.3 is 9.97 Å². The van der Waals surface area contributed by atoms with Gasteiger partial charge in [-0.1, -0.05) is 53.1 Å². The van der Waals surface area contributed by atoms with Crippen molar-refractivity contribution >= 4 is 11.6 Å². The SMILES string of the molecule is Cc1cc(C)c(C(=O)c2ccc(C(c3ccc(C(=O)c4c(C)cc(C)cc4C)[nH]3)c3c(C)cc(C)cc3C)[nH]2)c(C)c1. The molecule has 2 heterocycles. The van der Waals surface area contributed by atoms with E-state index in [9.17, 15) is 9.59 Å². The summed E-state index contributed by atoms with van der Waals surface area (Å²) in [6.07, 6.45) is 0. The quantitative estimate of drug-likeness (QED) is 0.197. The maximum absolute atomic E-state index is 13.7. The molecule has 4 heteroatoms. The molecule has 0 radical (unpaired) electrons. The van der Waals surface area contributed by atoms with Crippen LogP contribution in [0.1, 0.15) is 105 Å². The maximum atomic E-state index is 13.7. The molecule has 0 aliphatic carbocycles. The summed E-state index contributed by atoms with van der Waals surface area (Å²) in [6.45, 7) is 18.4. The van der Waals surface area contributed by atoms with Crippen LogP contribution >= 0.6 is 0 Å². The van der Waals surface area contributed by atoms with E-state index in [4.69, 9.17) is 0 Å². The van der Waals surface area contributed by atoms with E-state index in [0.29, 0.717) is 11.4 Å². The molecule has 0 amide bonds. The fraction of sp³-hybridized carbons (Fsp3) is 0.263. The van der Waals surface area contributed by atoms with Gasteiger partial charge in [-0.15, -0.1) is 0 Å². The number of H-pyrrole nitrogens is 2. The van der Waals surface area contributed by atoms with Gasteiger partial charge in [0.2, 0.25) is 11.6 Å². The number of aryl methyl sites for hydroxylation is 9. The number of hydrogen-bond donors (Lipinski definition) is 2. The monoisotopic (exact) mass is 556 g/mol. The highest BCUT2D eigenvalue weighted by molar-refractivity contribution is 6.10. The second kappa shape index (κ2) is 11.1. The van der Waals surface area contributed by atoms with Crippen LogP contribution in [0.2, 0.25) is 0 Å². The van der Waals surface area contributed by atoms with Crippen LogP contribution in [-0.2, 0) is 0 Å². The summed E-state index contributed by atoms with van der Waals surface area (Å²) in [7, 11) is 0. The van der Waals surface area contributed by atoms with E-state index < -0.39 is 0 Å². The summed E-state index contributed by atoms with van der Waals surface area (Å²) in [5.41, 5.74) is 15.3. The highest BCUT2D eigenvalue weighted by Crippen LogP contribution is 2.36. The van der Waals surface area contributed by atoms with Crippen molar-refractivity contribution in [3.05, 3.63) is 150 Å². The number of hydrogen-bond acceptors (Lipinski definition) is 2. The summed E-state index contributed by atoms with van der Waals surface area (Å²) in [5.74, 6) is -0.242. The number of rotatable bonds is 7. The minimum Gasteiger partial charge on any atom is -0.355 e. The van der Waals surface area contributed by atoms with Crippen molar-refractivity contribution in [1.29, 1.82) is 0 Å². The fourth-order valence-corrected chi connectivity index (χ4v) is 6.90. The highest BCUT2D eigenvalue weighted by Gasteiger charge is 2.27. The van der Waals surface area contributed by atoms with Gasteiger partial charge in [-0.2, -0.15) is 0 Å². The molecule has 5 rings (SSSR count). The van der Waals surface area contributed by atoms with E-state index in [1.807, 2.05) is 52.0 Å². The van der Waals surface area contributed by atoms with Crippen LogP contribution < -0.4 is 0 Å². The molecule has 3 aromatic carbocycles. The molecule has 0 unspecified atom stereocenters. The Morgan fingerprint density at radius 2 is 0.786 bits per heavy atom. The number of aromatic amines is 2. The van der Waals surface area contributed by atoms with Gasteiger partial charge in [-0.3, -0.25) is 9.59 Å². The van der Waals surface area contributed by atoms with Gasteiger partial charge in [-0.05, 0) is 126 Å². The molecular formula is C38H40N2O2. The maximum Gasteiger partial charge on any atom is 0.209 e. The zero-order valence-electron chi connectivity index (χ0n) is 26.2. The molecule has 0 bridgehead atoms. The molecule has 0 saturated heterocycles. The Morgan fingerprint density at radius 3 is 1.12 bits per heavy atom. The molecule has 0 aliphatic rings. The topological polar surface area (TPSA) is 65.7 Å². The minimum atomic E-state index is -0.214. The number of benzene rings is 3. The Balaban J connectivity index is 1.61. The van der Waals surface area contributed by atoms with Gasteiger partial charge in [0.1, 0.15) is 0 Å². The molecule has 42 heavy (non-hydrogen) atoms. The first kappa shape index (κ1) is 29.1. The van der Waals surface area contributed by atoms with Crippen molar-refractivity contribution in [3.8, 4) is 0 Å². The summed E-state index contributed by atoms with van der Waals surface area (Å²) in [4.78, 5) is 34.5. The normalized spacial score (nSPS) is 11.4. The summed E-state index contributed by atoms with van der Waals surface area (Å²) in [5, 5.41) is 0. The summed E-state index contributed by atoms with van der Waals surface area (Å²) in [6, 6.07) is 20.4. The van der Waals surface area contributed by atoms with Gasteiger partial charge in [0.25, 0.3) is 0 Å². The number of carbonyl (C=O) groups excluding carboxylic acids is 2. The van der Waals surface area contributed by atoms with Crippen LogP contribution in [0.4, 0.5) is 0 Å². The molecule has 0 spiro atoms. The predicted octanol–water partition coefficient (Wildman–Crippen LogP) is 8.76. The van der Waals surface area contributed by atoms with Crippen LogP contribution in [-0.4, -0.2) is 21.5 Å². The van der Waals surface area contributed by atoms with E-state index >= 15 is 0 Å². The molecule has 2 aromatic heterocycles. The number of ketones is 2. The first-order chi connectivity index (χ1) is 19.8. The van der Waals surface area contributed by atoms with Crippen molar-refractivity contribution in [2.45, 2.75) is 68.2 Å². The largest absolute Gasteiger partial charge is 0.355 e. The Bertz CT molecular complexity index is 1690. The third kappa shape index (κ3) is 5.30. The van der Waals surface area contributed by atoms with Gasteiger partial charge in [0.15, 0.2) is 0 Å². The van der Waals surface area contributed by atoms with Crippen molar-refractivity contribution < 1.29 is 9.59 Å². The zero-order valence-corrected chi connectivity index (χ0v) is 26.2. The van der Waals surface area contributed by atoms with E-state index in [-0.39, 0.29) is 17.5 Å². The molecule has 5 aromatic rings. The van der Waals surface area contributed by atoms with Crippen LogP contribution in [0.15, 0.2) is 60.7 Å². The van der Waals surface area contributed by atoms with E-state index in [1.54, 1.807) is 0 Å². The predicted molar refractivity (Wildman–Crippen MR) is 171 cm³/mol. The summed E-state index contributed by atoms with van der Waals surface area (Å²) >= 11 is 0. The van der Waals surface area contributed by atoms with Gasteiger partial charge in [0, 0.05) is 22.5 Å². The van der Waals surface area contributed by atoms with Gasteiger partial charge in [-0.25, -0.2) is 0 Å². The molecule has 214 valence electrons. The molecule has 4 nitrogen and oxygen atoms in total. The van der Waals surface area contributed by atoms with Crippen LogP contribution in [0.3, 0.4) is 0 Å². The van der Waals surface area contributed by atoms with Crippen LogP contribution in [0.25, 0.3) is 0 Å². The Morgan fingerprint density at radius 1 is 0.476 bits per heavy atom. The van der Waals surface area contributed by atoms with Gasteiger partial charge in [0.05, 0.1) is 17.3 Å². The van der Waals surface area contributed by atoms with Crippen molar-refractivity contribution in [2.24, 2.45) is 0 Å². The standard InChI is InChI=1S/C38H40N2O2/c1-20-14-23(4)33(24(5)15-20)36(29-10-12-31(39-29)37(41)34-25(6)16-21(2)17-26(34)7)30-11-13-32(40-30)38(42)35-27(8)18-22(3)19-28(35)9/h10-19,36,39-40H,1-9H3. The van der Waals surface area contributed by atoms with E-state index in [0.717, 1.165) is 72.6 Å². The summed E-state index contributed by atoms with van der Waals surface area (Å²) < 4.78 is 0. The number of nitrogens with one attached hydrogen (secondary N) is 2. The van der Waals surface area contributed by atoms with Crippen LogP contribution in [0, 0.1) is 62.3 Å². The van der Waals surface area contributed by atoms with Crippen LogP contribution in [0.5, 0.6) is 0 Å². The first-order valence-electron chi connectivity index (χ1n) is 14.6. The lowest BCUT2D eigenvalue weighted by atomic mass is 9.85. The highest BCUT2D eigenvalue weighted by atomic mass is 16.1. The minimum absolute atomic E-state index is 0.0139. The first-order valence-corrected chi connectivity index (χ1v) is 14.6. The Hall–Kier alpha value is -4.44. The molecule has 0 saturated carbocycles. The molecule has 0 fully saturated rings. The lowest BCUT2D eigenvalue weighted by Gasteiger charge is -2.21. The van der Waals surface area contributed by atoms with Crippen molar-refractivity contribution in [3.63, 3.8) is 0 Å². The lowest BCUT2D eigenvalue weighted by molar-refractivity contribution is 0.102. The average Bonchev–Trinajstić information content (AvgIpc) is 3.55. The second-order valence-electron chi connectivity index (χ2n) is 12.1. The molecule has 0 atom stereocenters. The third-order valence-electron chi connectivity index (χ3n) is 8.36. The lowest BCUT2D eigenvalue weighted by Crippen LogP contribution is -2.12. The van der Waals surface area contributed by atoms with Gasteiger partial charge >= 0.3 is 0 Å². The molecule has 0 aliphatic heterocycles. The van der Waals surface area contributed by atoms with Crippen molar-refractivity contribution in [2.75, 3.05) is 0 Å². The second-order valence-corrected chi connectivity index (χ2v) is 12.1. The van der Waals surface area contributed by atoms with E-state index in [1.165, 1.54) is 5.56 Å². The Labute approximate surface area is 249 Å². The molecule has 2 N–H and O–H groups in total. The van der Waals surface area contributed by atoms with Crippen molar-refractivity contribution in [1.82, 2.24) is 9.97 Å². The zero-order chi connectivity index (χ0) is 30.5. The molecular weight excluding hydrogens is 516 g/mol. The average molecular weight is 557 g/mol. The Kier molecular flexibility index (Phi) is 7.68.